The van der Waals surface area contributed by atoms with Gasteiger partial charge in [0.25, 0.3) is 0 Å². The van der Waals surface area contributed by atoms with Crippen LogP contribution < -0.4 is 15.6 Å². The van der Waals surface area contributed by atoms with Crippen molar-refractivity contribution in [3.05, 3.63) is 56.0 Å². The number of likely N-dealkylation sites (N-methyl/N-ethyl adjacent to an activating group) is 1. The lowest BCUT2D eigenvalue weighted by molar-refractivity contribution is -0.122. The number of nitrogens with one attached hydrogen (secondary N) is 1. The fourth-order valence-corrected chi connectivity index (χ4v) is 6.76. The van der Waals surface area contributed by atoms with E-state index < -0.39 is 0 Å². The summed E-state index contributed by atoms with van der Waals surface area (Å²) in [6.45, 7) is 20.3. The van der Waals surface area contributed by atoms with Gasteiger partial charge in [-0.1, -0.05) is 12.2 Å². The zero-order valence-corrected chi connectivity index (χ0v) is 24.0. The smallest absolute Gasteiger partial charge is 0.220 e. The number of carbonyl (C=O) groups is 1. The lowest BCUT2D eigenvalue weighted by atomic mass is 9.88. The molecule has 0 saturated carbocycles. The summed E-state index contributed by atoms with van der Waals surface area (Å²) in [6.07, 6.45) is 6.01. The van der Waals surface area contributed by atoms with E-state index >= 15 is 0 Å². The molecule has 0 aromatic heterocycles. The Labute approximate surface area is 214 Å². The molecule has 0 radical (unpaired) electrons. The molecule has 6 heteroatoms. The van der Waals surface area contributed by atoms with Crippen molar-refractivity contribution in [3.8, 4) is 0 Å². The van der Waals surface area contributed by atoms with Gasteiger partial charge in [0.15, 0.2) is 0 Å². The monoisotopic (exact) mass is 494 g/mol. The largest absolute Gasteiger partial charge is 0.362 e. The molecule has 3 aliphatic rings. The molecule has 1 N–H and O–H groups in total. The highest BCUT2D eigenvalue weighted by molar-refractivity contribution is 7.95. The SMILES string of the molecule is CC1=CC(C)(C)N(C)C2=C1N=c1cc3c(cc1=[SH]2)N(CCCC(=O)NC(C)(C)C)C(C)(C)C=C3C. The molecule has 3 aliphatic heterocycles. The predicted molar refractivity (Wildman–Crippen MR) is 150 cm³/mol. The number of nitrogens with zero attached hydrogens (tertiary/aromatic N) is 3. The zero-order chi connectivity index (χ0) is 25.9. The Morgan fingerprint density at radius 2 is 1.71 bits per heavy atom. The maximum atomic E-state index is 12.4. The molecule has 0 bridgehead atoms. The molecular weight excluding hydrogens is 452 g/mol. The molecule has 0 spiro atoms. The predicted octanol–water partition coefficient (Wildman–Crippen LogP) is 5.57. The minimum atomic E-state index is -0.197. The highest BCUT2D eigenvalue weighted by Crippen LogP contribution is 2.41. The van der Waals surface area contributed by atoms with Crippen LogP contribution in [-0.4, -0.2) is 41.0 Å². The van der Waals surface area contributed by atoms with Crippen molar-refractivity contribution in [2.24, 2.45) is 4.99 Å². The van der Waals surface area contributed by atoms with Gasteiger partial charge in [0.2, 0.25) is 5.91 Å². The molecule has 1 amide bonds. The Bertz CT molecular complexity index is 1290. The van der Waals surface area contributed by atoms with E-state index in [2.05, 4.69) is 88.0 Å². The van der Waals surface area contributed by atoms with Crippen LogP contribution in [0, 0.1) is 4.51 Å². The molecule has 190 valence electrons. The molecule has 0 aliphatic carbocycles. The van der Waals surface area contributed by atoms with E-state index in [0.29, 0.717) is 6.42 Å². The number of hydrogen-bond acceptors (Lipinski definition) is 4. The second kappa shape index (κ2) is 8.65. The lowest BCUT2D eigenvalue weighted by Crippen LogP contribution is -2.46. The Morgan fingerprint density at radius 1 is 1.06 bits per heavy atom. The van der Waals surface area contributed by atoms with Crippen LogP contribution in [0.2, 0.25) is 0 Å². The summed E-state index contributed by atoms with van der Waals surface area (Å²) in [5.74, 6) is 0.118. The van der Waals surface area contributed by atoms with Crippen molar-refractivity contribution in [3.63, 3.8) is 0 Å². The van der Waals surface area contributed by atoms with Gasteiger partial charge in [0, 0.05) is 41.3 Å². The minimum Gasteiger partial charge on any atom is -0.362 e. The Hall–Kier alpha value is -2.34. The molecule has 1 aromatic rings. The van der Waals surface area contributed by atoms with Crippen LogP contribution in [0.5, 0.6) is 0 Å². The molecule has 0 fully saturated rings. The van der Waals surface area contributed by atoms with Gasteiger partial charge >= 0.3 is 0 Å². The van der Waals surface area contributed by atoms with Crippen LogP contribution in [0.3, 0.4) is 0 Å². The number of benzene rings is 1. The third-order valence-corrected chi connectivity index (χ3v) is 8.49. The normalized spacial score (nSPS) is 20.3. The zero-order valence-electron chi connectivity index (χ0n) is 23.1. The number of rotatable bonds is 4. The first kappa shape index (κ1) is 25.7. The van der Waals surface area contributed by atoms with E-state index in [1.807, 2.05) is 20.8 Å². The van der Waals surface area contributed by atoms with Gasteiger partial charge in [0.05, 0.1) is 27.2 Å². The summed E-state index contributed by atoms with van der Waals surface area (Å²) in [4.78, 5) is 22.4. The molecule has 1 aromatic carbocycles. The second-order valence-corrected chi connectivity index (χ2v) is 13.5. The van der Waals surface area contributed by atoms with Crippen molar-refractivity contribution in [2.45, 2.75) is 91.8 Å². The topological polar surface area (TPSA) is 47.9 Å². The van der Waals surface area contributed by atoms with Crippen LogP contribution >= 0.6 is 11.4 Å². The van der Waals surface area contributed by atoms with Crippen LogP contribution in [0.25, 0.3) is 5.57 Å². The van der Waals surface area contributed by atoms with Gasteiger partial charge in [-0.25, -0.2) is 4.99 Å². The summed E-state index contributed by atoms with van der Waals surface area (Å²) >= 11 is 1.20. The minimum absolute atomic E-state index is 0.0296. The lowest BCUT2D eigenvalue weighted by Gasteiger charge is -2.44. The first-order valence-corrected chi connectivity index (χ1v) is 13.6. The number of hydrogen-bond donors (Lipinski definition) is 2. The molecule has 3 heterocycles. The Balaban J connectivity index is 1.71. The van der Waals surface area contributed by atoms with E-state index in [1.165, 1.54) is 43.3 Å². The molecule has 0 unspecified atom stereocenters. The summed E-state index contributed by atoms with van der Waals surface area (Å²) in [7, 11) is 2.18. The van der Waals surface area contributed by atoms with E-state index in [1.54, 1.807) is 0 Å². The van der Waals surface area contributed by atoms with Gasteiger partial charge < -0.3 is 15.1 Å². The van der Waals surface area contributed by atoms with Crippen molar-refractivity contribution >= 4 is 28.5 Å². The number of fused-ring (bicyclic) bond motifs is 2. The first-order valence-electron chi connectivity index (χ1n) is 12.7. The third kappa shape index (κ3) is 5.00. The maximum absolute atomic E-state index is 12.4. The van der Waals surface area contributed by atoms with E-state index in [9.17, 15) is 4.79 Å². The number of thiol groups is 1. The maximum Gasteiger partial charge on any atom is 0.220 e. The van der Waals surface area contributed by atoms with Crippen molar-refractivity contribution in [1.29, 1.82) is 0 Å². The van der Waals surface area contributed by atoms with Crippen molar-refractivity contribution in [2.75, 3.05) is 18.5 Å². The van der Waals surface area contributed by atoms with Gasteiger partial charge in [-0.3, -0.25) is 4.79 Å². The summed E-state index contributed by atoms with van der Waals surface area (Å²) < 4.78 is 1.25. The van der Waals surface area contributed by atoms with Gasteiger partial charge in [-0.15, -0.1) is 11.4 Å². The molecule has 0 atom stereocenters. The van der Waals surface area contributed by atoms with E-state index in [0.717, 1.165) is 24.0 Å². The van der Waals surface area contributed by atoms with Crippen LogP contribution in [0.15, 0.2) is 45.6 Å². The average molecular weight is 495 g/mol. The number of carbonyl (C=O) groups excluding carboxylic acids is 1. The molecule has 0 saturated heterocycles. The standard InChI is InChI=1S/C29H42N4OS/c1-18-16-29(8,9)33(13-11-12-24(34)31-27(3,4)5)22-15-23-21(14-20(18)22)30-25-19(2)17-28(6,7)32(10)26(25)35-23/h14-17,35H,11-13H2,1-10H3,(H,31,34). The number of anilines is 1. The Kier molecular flexibility index (Phi) is 6.36. The van der Waals surface area contributed by atoms with Gasteiger partial charge in [-0.05, 0) is 92.0 Å². The quantitative estimate of drug-likeness (QED) is 0.425. The van der Waals surface area contributed by atoms with Crippen LogP contribution in [0.4, 0.5) is 5.69 Å². The average Bonchev–Trinajstić information content (AvgIpc) is 2.70. The fraction of sp³-hybridized carbons (Fsp3) is 0.552. The highest BCUT2D eigenvalue weighted by atomic mass is 32.1. The van der Waals surface area contributed by atoms with Crippen molar-refractivity contribution < 1.29 is 4.79 Å². The van der Waals surface area contributed by atoms with Crippen molar-refractivity contribution in [1.82, 2.24) is 10.2 Å². The summed E-state index contributed by atoms with van der Waals surface area (Å²) in [6, 6.07) is 4.62. The summed E-state index contributed by atoms with van der Waals surface area (Å²) in [5.41, 5.74) is 5.80. The van der Waals surface area contributed by atoms with Crippen LogP contribution in [-0.2, 0) is 4.79 Å². The van der Waals surface area contributed by atoms with Gasteiger partial charge in [0.1, 0.15) is 0 Å². The Morgan fingerprint density at radius 3 is 2.37 bits per heavy atom. The highest BCUT2D eigenvalue weighted by Gasteiger charge is 2.33. The van der Waals surface area contributed by atoms with Gasteiger partial charge in [-0.2, -0.15) is 0 Å². The van der Waals surface area contributed by atoms with E-state index in [4.69, 9.17) is 4.99 Å². The van der Waals surface area contributed by atoms with Crippen LogP contribution in [0.1, 0.15) is 80.7 Å². The number of amides is 1. The molecule has 4 rings (SSSR count). The number of allylic oxidation sites excluding steroid dienone is 2. The second-order valence-electron chi connectivity index (χ2n) is 12.3. The summed E-state index contributed by atoms with van der Waals surface area (Å²) in [5, 5.41) is 5.43. The fourth-order valence-electron chi connectivity index (χ4n) is 5.37. The first-order chi connectivity index (χ1) is 16.1. The molecule has 35 heavy (non-hydrogen) atoms. The van der Waals surface area contributed by atoms with E-state index in [-0.39, 0.29) is 22.5 Å². The molecule has 5 nitrogen and oxygen atoms in total. The third-order valence-electron chi connectivity index (χ3n) is 7.17. The molecular formula is C29H42N4OS.